The van der Waals surface area contributed by atoms with Crippen LogP contribution < -0.4 is 0 Å². The predicted molar refractivity (Wildman–Crippen MR) is 53.1 cm³/mol. The van der Waals surface area contributed by atoms with Crippen LogP contribution in [0, 0.1) is 17.8 Å². The molecule has 0 saturated heterocycles. The van der Waals surface area contributed by atoms with Crippen molar-refractivity contribution in [3.05, 3.63) is 0 Å². The third kappa shape index (κ3) is 2.02. The average Bonchev–Trinajstić information content (AvgIpc) is 2.76. The van der Waals surface area contributed by atoms with Crippen LogP contribution in [0.2, 0.25) is 0 Å². The van der Waals surface area contributed by atoms with E-state index in [1.165, 1.54) is 19.3 Å². The van der Waals surface area contributed by atoms with Crippen LogP contribution in [-0.2, 0) is 0 Å². The molecule has 0 bridgehead atoms. The Bertz CT molecular complexity index is 135. The molecule has 2 aliphatic rings. The normalized spacial score (nSPS) is 35.8. The van der Waals surface area contributed by atoms with E-state index in [4.69, 9.17) is 0 Å². The molecule has 70 valence electrons. The molecule has 2 aliphatic carbocycles. The highest BCUT2D eigenvalue weighted by molar-refractivity contribution is 4.83. The SMILES string of the molecule is CCCC1CCCC1CC1CC1. The molecule has 2 rings (SSSR count). The van der Waals surface area contributed by atoms with E-state index in [9.17, 15) is 0 Å². The van der Waals surface area contributed by atoms with E-state index in [-0.39, 0.29) is 0 Å². The lowest BCUT2D eigenvalue weighted by Crippen LogP contribution is -2.08. The van der Waals surface area contributed by atoms with Crippen molar-refractivity contribution in [3.8, 4) is 0 Å². The van der Waals surface area contributed by atoms with Crippen LogP contribution >= 0.6 is 0 Å². The van der Waals surface area contributed by atoms with Crippen molar-refractivity contribution in [2.75, 3.05) is 0 Å². The molecule has 0 heterocycles. The Morgan fingerprint density at radius 3 is 2.42 bits per heavy atom. The molecule has 0 aromatic heterocycles. The summed E-state index contributed by atoms with van der Waals surface area (Å²) in [5.74, 6) is 3.42. The van der Waals surface area contributed by atoms with Crippen molar-refractivity contribution in [1.82, 2.24) is 0 Å². The molecule has 0 amide bonds. The smallest absolute Gasteiger partial charge is 0.0383 e. The van der Waals surface area contributed by atoms with Crippen LogP contribution in [0.4, 0.5) is 0 Å². The maximum atomic E-state index is 2.34. The first-order chi connectivity index (χ1) is 5.90. The molecular weight excluding hydrogens is 144 g/mol. The van der Waals surface area contributed by atoms with Gasteiger partial charge in [0.25, 0.3) is 0 Å². The van der Waals surface area contributed by atoms with E-state index in [1.807, 2.05) is 0 Å². The lowest BCUT2D eigenvalue weighted by Gasteiger charge is -2.18. The summed E-state index contributed by atoms with van der Waals surface area (Å²) < 4.78 is 0. The average molecular weight is 166 g/mol. The number of hydrogen-bond donors (Lipinski definition) is 0. The maximum Gasteiger partial charge on any atom is -0.0383 e. The molecule has 0 spiro atoms. The fraction of sp³-hybridized carbons (Fsp3) is 1.00. The van der Waals surface area contributed by atoms with Gasteiger partial charge in [-0.05, 0) is 24.2 Å². The Balaban J connectivity index is 1.76. The third-order valence-electron chi connectivity index (χ3n) is 3.81. The summed E-state index contributed by atoms with van der Waals surface area (Å²) in [4.78, 5) is 0. The van der Waals surface area contributed by atoms with Gasteiger partial charge < -0.3 is 0 Å². The monoisotopic (exact) mass is 166 g/mol. The number of hydrogen-bond acceptors (Lipinski definition) is 0. The molecule has 0 radical (unpaired) electrons. The topological polar surface area (TPSA) is 0 Å². The second kappa shape index (κ2) is 3.81. The summed E-state index contributed by atoms with van der Waals surface area (Å²) >= 11 is 0. The first kappa shape index (κ1) is 8.59. The van der Waals surface area contributed by atoms with E-state index in [2.05, 4.69) is 6.92 Å². The summed E-state index contributed by atoms with van der Waals surface area (Å²) in [7, 11) is 0. The largest absolute Gasteiger partial charge is 0.0654 e. The van der Waals surface area contributed by atoms with Crippen molar-refractivity contribution in [2.45, 2.75) is 58.3 Å². The lowest BCUT2D eigenvalue weighted by atomic mass is 9.88. The zero-order chi connectivity index (χ0) is 8.39. The van der Waals surface area contributed by atoms with Gasteiger partial charge in [0.05, 0.1) is 0 Å². The maximum absolute atomic E-state index is 2.34. The van der Waals surface area contributed by atoms with Crippen molar-refractivity contribution >= 4 is 0 Å². The van der Waals surface area contributed by atoms with E-state index in [0.29, 0.717) is 0 Å². The first-order valence-corrected chi connectivity index (χ1v) is 5.90. The molecule has 2 unspecified atom stereocenters. The van der Waals surface area contributed by atoms with E-state index >= 15 is 0 Å². The Kier molecular flexibility index (Phi) is 2.73. The predicted octanol–water partition coefficient (Wildman–Crippen LogP) is 4.00. The lowest BCUT2D eigenvalue weighted by molar-refractivity contribution is 0.327. The van der Waals surface area contributed by atoms with Gasteiger partial charge in [-0.2, -0.15) is 0 Å². The van der Waals surface area contributed by atoms with Crippen LogP contribution in [0.1, 0.15) is 58.3 Å². The minimum atomic E-state index is 1.12. The van der Waals surface area contributed by atoms with Gasteiger partial charge in [-0.15, -0.1) is 0 Å². The van der Waals surface area contributed by atoms with Gasteiger partial charge in [0, 0.05) is 0 Å². The summed E-state index contributed by atoms with van der Waals surface area (Å²) in [5.41, 5.74) is 0. The summed E-state index contributed by atoms with van der Waals surface area (Å²) in [5, 5.41) is 0. The quantitative estimate of drug-likeness (QED) is 0.592. The van der Waals surface area contributed by atoms with Gasteiger partial charge in [0.1, 0.15) is 0 Å². The van der Waals surface area contributed by atoms with Crippen molar-refractivity contribution in [3.63, 3.8) is 0 Å². The highest BCUT2D eigenvalue weighted by Gasteiger charge is 2.32. The highest BCUT2D eigenvalue weighted by Crippen LogP contribution is 2.44. The Labute approximate surface area is 76.7 Å². The van der Waals surface area contributed by atoms with Crippen molar-refractivity contribution < 1.29 is 0 Å². The summed E-state index contributed by atoms with van der Waals surface area (Å²) in [6, 6.07) is 0. The van der Waals surface area contributed by atoms with Gasteiger partial charge in [-0.1, -0.05) is 51.9 Å². The van der Waals surface area contributed by atoms with Crippen molar-refractivity contribution in [2.24, 2.45) is 17.8 Å². The van der Waals surface area contributed by atoms with Crippen LogP contribution in [0.5, 0.6) is 0 Å². The molecule has 2 saturated carbocycles. The molecule has 0 aromatic carbocycles. The van der Waals surface area contributed by atoms with Gasteiger partial charge in [-0.3, -0.25) is 0 Å². The van der Waals surface area contributed by atoms with E-state index in [0.717, 1.165) is 17.8 Å². The zero-order valence-corrected chi connectivity index (χ0v) is 8.39. The second-order valence-corrected chi connectivity index (χ2v) is 4.92. The molecular formula is C12H22. The standard InChI is InChI=1S/C12H22/c1-2-4-11-5-3-6-12(11)9-10-7-8-10/h10-12H,2-9H2,1H3. The van der Waals surface area contributed by atoms with Gasteiger partial charge in [0.2, 0.25) is 0 Å². The molecule has 2 fully saturated rings. The summed E-state index contributed by atoms with van der Waals surface area (Å²) in [6.07, 6.45) is 12.2. The molecule has 0 nitrogen and oxygen atoms in total. The fourth-order valence-corrected chi connectivity index (χ4v) is 2.96. The van der Waals surface area contributed by atoms with Gasteiger partial charge in [0.15, 0.2) is 0 Å². The van der Waals surface area contributed by atoms with Crippen LogP contribution in [0.25, 0.3) is 0 Å². The molecule has 0 N–H and O–H groups in total. The highest BCUT2D eigenvalue weighted by atomic mass is 14.4. The first-order valence-electron chi connectivity index (χ1n) is 5.90. The molecule has 0 heteroatoms. The van der Waals surface area contributed by atoms with Gasteiger partial charge in [-0.25, -0.2) is 0 Å². The minimum absolute atomic E-state index is 1.12. The molecule has 0 aliphatic heterocycles. The van der Waals surface area contributed by atoms with E-state index in [1.54, 1.807) is 32.1 Å². The third-order valence-corrected chi connectivity index (χ3v) is 3.81. The Morgan fingerprint density at radius 1 is 1.00 bits per heavy atom. The van der Waals surface area contributed by atoms with Crippen LogP contribution in [-0.4, -0.2) is 0 Å². The van der Waals surface area contributed by atoms with Crippen LogP contribution in [0.15, 0.2) is 0 Å². The zero-order valence-electron chi connectivity index (χ0n) is 8.39. The van der Waals surface area contributed by atoms with Crippen LogP contribution in [0.3, 0.4) is 0 Å². The van der Waals surface area contributed by atoms with Crippen molar-refractivity contribution in [1.29, 1.82) is 0 Å². The molecule has 0 aromatic rings. The van der Waals surface area contributed by atoms with Gasteiger partial charge >= 0.3 is 0 Å². The molecule has 12 heavy (non-hydrogen) atoms. The Hall–Kier alpha value is 0. The minimum Gasteiger partial charge on any atom is -0.0654 e. The fourth-order valence-electron chi connectivity index (χ4n) is 2.96. The Morgan fingerprint density at radius 2 is 1.75 bits per heavy atom. The number of rotatable bonds is 4. The second-order valence-electron chi connectivity index (χ2n) is 4.92. The van der Waals surface area contributed by atoms with E-state index < -0.39 is 0 Å². The summed E-state index contributed by atoms with van der Waals surface area (Å²) in [6.45, 7) is 2.34. The molecule has 2 atom stereocenters.